The zero-order valence-electron chi connectivity index (χ0n) is 13.2. The van der Waals surface area contributed by atoms with Gasteiger partial charge in [0.05, 0.1) is 30.3 Å². The molecule has 2 rings (SSSR count). The average Bonchev–Trinajstić information content (AvgIpc) is 2.60. The zero-order chi connectivity index (χ0) is 17.4. The lowest BCUT2D eigenvalue weighted by atomic mass is 10.2. The van der Waals surface area contributed by atoms with Gasteiger partial charge in [-0.25, -0.2) is 4.79 Å². The maximum absolute atomic E-state index is 12.0. The van der Waals surface area contributed by atoms with Crippen molar-refractivity contribution in [1.29, 1.82) is 5.26 Å². The van der Waals surface area contributed by atoms with Gasteiger partial charge < -0.3 is 15.4 Å². The lowest BCUT2D eigenvalue weighted by molar-refractivity contribution is -0.114. The number of nitriles is 1. The summed E-state index contributed by atoms with van der Waals surface area (Å²) in [5, 5.41) is 14.5. The predicted molar refractivity (Wildman–Crippen MR) is 90.7 cm³/mol. The van der Waals surface area contributed by atoms with Gasteiger partial charge in [-0.2, -0.15) is 5.26 Å². The molecule has 122 valence electrons. The largest absolute Gasteiger partial charge is 0.462 e. The molecule has 0 aliphatic carbocycles. The van der Waals surface area contributed by atoms with E-state index in [2.05, 4.69) is 10.6 Å². The van der Waals surface area contributed by atoms with Crippen LogP contribution in [0.1, 0.15) is 22.8 Å². The molecule has 0 aliphatic rings. The number of amides is 1. The molecule has 0 fully saturated rings. The third-order valence-electron chi connectivity index (χ3n) is 3.14. The minimum atomic E-state index is -0.442. The number of benzene rings is 2. The van der Waals surface area contributed by atoms with Gasteiger partial charge in [0.25, 0.3) is 0 Å². The van der Waals surface area contributed by atoms with Crippen molar-refractivity contribution >= 4 is 23.3 Å². The Labute approximate surface area is 140 Å². The van der Waals surface area contributed by atoms with E-state index in [1.165, 1.54) is 0 Å². The number of nitrogens with zero attached hydrogens (tertiary/aromatic N) is 1. The Morgan fingerprint density at radius 1 is 1.17 bits per heavy atom. The van der Waals surface area contributed by atoms with Crippen LogP contribution in [0.25, 0.3) is 0 Å². The lowest BCUT2D eigenvalue weighted by Crippen LogP contribution is -2.22. The number of esters is 1. The molecule has 0 saturated carbocycles. The van der Waals surface area contributed by atoms with E-state index in [1.807, 2.05) is 6.07 Å². The van der Waals surface area contributed by atoms with Gasteiger partial charge in [-0.15, -0.1) is 0 Å². The predicted octanol–water partition coefficient (Wildman–Crippen LogP) is 2.79. The number of para-hydroxylation sites is 1. The van der Waals surface area contributed by atoms with Gasteiger partial charge in [0.15, 0.2) is 0 Å². The van der Waals surface area contributed by atoms with Crippen molar-refractivity contribution in [1.82, 2.24) is 0 Å². The normalized spacial score (nSPS) is 9.67. The molecule has 0 aliphatic heterocycles. The smallest absolute Gasteiger partial charge is 0.340 e. The summed E-state index contributed by atoms with van der Waals surface area (Å²) >= 11 is 0. The van der Waals surface area contributed by atoms with Crippen molar-refractivity contribution in [3.63, 3.8) is 0 Å². The van der Waals surface area contributed by atoms with Crippen LogP contribution in [0.2, 0.25) is 0 Å². The number of hydrogen-bond acceptors (Lipinski definition) is 5. The van der Waals surface area contributed by atoms with Crippen LogP contribution in [0.4, 0.5) is 11.4 Å². The van der Waals surface area contributed by atoms with Crippen LogP contribution in [0, 0.1) is 11.3 Å². The van der Waals surface area contributed by atoms with E-state index in [4.69, 9.17) is 10.00 Å². The first kappa shape index (κ1) is 17.0. The van der Waals surface area contributed by atoms with Gasteiger partial charge in [-0.3, -0.25) is 4.79 Å². The summed E-state index contributed by atoms with van der Waals surface area (Å²) in [6.45, 7) is 1.99. The summed E-state index contributed by atoms with van der Waals surface area (Å²) in [4.78, 5) is 23.9. The molecule has 6 heteroatoms. The molecule has 2 aromatic carbocycles. The van der Waals surface area contributed by atoms with Crippen LogP contribution in [-0.4, -0.2) is 25.0 Å². The van der Waals surface area contributed by atoms with E-state index in [0.29, 0.717) is 22.5 Å². The van der Waals surface area contributed by atoms with Crippen LogP contribution in [0.3, 0.4) is 0 Å². The average molecular weight is 323 g/mol. The number of rotatable bonds is 6. The van der Waals surface area contributed by atoms with Crippen molar-refractivity contribution in [2.75, 3.05) is 23.8 Å². The molecular formula is C18H17N3O3. The molecule has 0 saturated heterocycles. The SMILES string of the molecule is CCOC(=O)c1ccccc1NCC(=O)Nc1cccc(C#N)c1. The molecule has 1 amide bonds. The van der Waals surface area contributed by atoms with Crippen LogP contribution in [-0.2, 0) is 9.53 Å². The summed E-state index contributed by atoms with van der Waals surface area (Å²) in [5.74, 6) is -0.730. The standard InChI is InChI=1S/C18H17N3O3/c1-2-24-18(23)15-8-3-4-9-16(15)20-12-17(22)21-14-7-5-6-13(10-14)11-19/h3-10,20H,2,12H2,1H3,(H,21,22). The third-order valence-corrected chi connectivity index (χ3v) is 3.14. The topological polar surface area (TPSA) is 91.2 Å². The highest BCUT2D eigenvalue weighted by atomic mass is 16.5. The highest BCUT2D eigenvalue weighted by molar-refractivity contribution is 5.98. The molecular weight excluding hydrogens is 306 g/mol. The fraction of sp³-hybridized carbons (Fsp3) is 0.167. The second-order valence-electron chi connectivity index (χ2n) is 4.86. The number of ether oxygens (including phenoxy) is 1. The molecule has 2 aromatic rings. The van der Waals surface area contributed by atoms with E-state index < -0.39 is 5.97 Å². The summed E-state index contributed by atoms with van der Waals surface area (Å²) in [7, 11) is 0. The summed E-state index contributed by atoms with van der Waals surface area (Å²) in [5.41, 5.74) is 1.91. The van der Waals surface area contributed by atoms with Crippen molar-refractivity contribution in [3.8, 4) is 6.07 Å². The highest BCUT2D eigenvalue weighted by Gasteiger charge is 2.12. The van der Waals surface area contributed by atoms with Crippen LogP contribution in [0.5, 0.6) is 0 Å². The molecule has 0 heterocycles. The molecule has 0 unspecified atom stereocenters. The van der Waals surface area contributed by atoms with Gasteiger partial charge >= 0.3 is 5.97 Å². The summed E-state index contributed by atoms with van der Waals surface area (Å²) in [6, 6.07) is 15.5. The van der Waals surface area contributed by atoms with Crippen LogP contribution >= 0.6 is 0 Å². The van der Waals surface area contributed by atoms with Crippen molar-refractivity contribution in [3.05, 3.63) is 59.7 Å². The van der Waals surface area contributed by atoms with E-state index in [-0.39, 0.29) is 19.1 Å². The van der Waals surface area contributed by atoms with Crippen molar-refractivity contribution < 1.29 is 14.3 Å². The van der Waals surface area contributed by atoms with Gasteiger partial charge in [0.2, 0.25) is 5.91 Å². The Morgan fingerprint density at radius 2 is 1.96 bits per heavy atom. The second-order valence-corrected chi connectivity index (χ2v) is 4.86. The molecule has 0 spiro atoms. The van der Waals surface area contributed by atoms with E-state index >= 15 is 0 Å². The van der Waals surface area contributed by atoms with Gasteiger partial charge in [0.1, 0.15) is 0 Å². The fourth-order valence-electron chi connectivity index (χ4n) is 2.07. The quantitative estimate of drug-likeness (QED) is 0.798. The lowest BCUT2D eigenvalue weighted by Gasteiger charge is -2.11. The Hall–Kier alpha value is -3.33. The van der Waals surface area contributed by atoms with Gasteiger partial charge in [-0.05, 0) is 37.3 Å². The molecule has 0 atom stereocenters. The van der Waals surface area contributed by atoms with Crippen LogP contribution < -0.4 is 10.6 Å². The van der Waals surface area contributed by atoms with Crippen molar-refractivity contribution in [2.45, 2.75) is 6.92 Å². The van der Waals surface area contributed by atoms with E-state index in [9.17, 15) is 9.59 Å². The fourth-order valence-corrected chi connectivity index (χ4v) is 2.07. The maximum atomic E-state index is 12.0. The second kappa shape index (κ2) is 8.34. The minimum absolute atomic E-state index is 0.0206. The van der Waals surface area contributed by atoms with Gasteiger partial charge in [0, 0.05) is 11.4 Å². The molecule has 0 radical (unpaired) electrons. The first-order chi connectivity index (χ1) is 11.6. The number of carbonyl (C=O) groups excluding carboxylic acids is 2. The number of hydrogen-bond donors (Lipinski definition) is 2. The zero-order valence-corrected chi connectivity index (χ0v) is 13.2. The summed E-state index contributed by atoms with van der Waals surface area (Å²) in [6.07, 6.45) is 0. The van der Waals surface area contributed by atoms with Crippen LogP contribution in [0.15, 0.2) is 48.5 Å². The maximum Gasteiger partial charge on any atom is 0.340 e. The summed E-state index contributed by atoms with van der Waals surface area (Å²) < 4.78 is 4.99. The third kappa shape index (κ3) is 4.58. The Kier molecular flexibility index (Phi) is 5.92. The highest BCUT2D eigenvalue weighted by Crippen LogP contribution is 2.16. The van der Waals surface area contributed by atoms with E-state index in [0.717, 1.165) is 0 Å². The number of anilines is 2. The monoisotopic (exact) mass is 323 g/mol. The Bertz CT molecular complexity index is 781. The van der Waals surface area contributed by atoms with Crippen molar-refractivity contribution in [2.24, 2.45) is 0 Å². The van der Waals surface area contributed by atoms with E-state index in [1.54, 1.807) is 55.5 Å². The first-order valence-electron chi connectivity index (χ1n) is 7.44. The Balaban J connectivity index is 1.99. The number of carbonyl (C=O) groups is 2. The molecule has 24 heavy (non-hydrogen) atoms. The van der Waals surface area contributed by atoms with Gasteiger partial charge in [-0.1, -0.05) is 18.2 Å². The minimum Gasteiger partial charge on any atom is -0.462 e. The first-order valence-corrected chi connectivity index (χ1v) is 7.44. The molecule has 2 N–H and O–H groups in total. The molecule has 0 aromatic heterocycles. The molecule has 0 bridgehead atoms. The Morgan fingerprint density at radius 3 is 2.71 bits per heavy atom. The number of nitrogens with one attached hydrogen (secondary N) is 2. The molecule has 6 nitrogen and oxygen atoms in total.